The van der Waals surface area contributed by atoms with Crippen LogP contribution in [0.15, 0.2) is 0 Å². The first-order chi connectivity index (χ1) is 6.62. The molecule has 4 heteroatoms. The first-order valence-corrected chi connectivity index (χ1v) is 5.30. The quantitative estimate of drug-likeness (QED) is 0.622. The van der Waals surface area contributed by atoms with E-state index in [0.29, 0.717) is 6.54 Å². The number of carbonyl (C=O) groups excluding carboxylic acids is 1. The molecule has 0 aromatic rings. The number of carbonyl (C=O) groups is 1. The van der Waals surface area contributed by atoms with Gasteiger partial charge in [0.05, 0.1) is 12.6 Å². The van der Waals surface area contributed by atoms with Crippen molar-refractivity contribution in [1.82, 2.24) is 4.90 Å². The Balaban J connectivity index is 2.68. The lowest BCUT2D eigenvalue weighted by Gasteiger charge is -2.31. The van der Waals surface area contributed by atoms with Crippen LogP contribution in [0.3, 0.4) is 0 Å². The second-order valence-electron chi connectivity index (χ2n) is 5.47. The van der Waals surface area contributed by atoms with Crippen LogP contribution in [-0.2, 0) is 9.47 Å². The minimum absolute atomic E-state index is 0.0625. The van der Waals surface area contributed by atoms with Crippen LogP contribution in [0.2, 0.25) is 0 Å². The van der Waals surface area contributed by atoms with Crippen molar-refractivity contribution in [2.45, 2.75) is 59.0 Å². The highest BCUT2D eigenvalue weighted by Crippen LogP contribution is 2.28. The van der Waals surface area contributed by atoms with Crippen LogP contribution in [0.5, 0.6) is 0 Å². The fourth-order valence-electron chi connectivity index (χ4n) is 1.68. The van der Waals surface area contributed by atoms with Crippen LogP contribution in [0.4, 0.5) is 4.79 Å². The van der Waals surface area contributed by atoms with E-state index in [0.717, 1.165) is 0 Å². The van der Waals surface area contributed by atoms with Gasteiger partial charge >= 0.3 is 6.09 Å². The second-order valence-corrected chi connectivity index (χ2v) is 5.47. The molecule has 0 bridgehead atoms. The third-order valence-electron chi connectivity index (χ3n) is 2.19. The standard InChI is InChI=1S/C11H21NO3/c1-8-7-12(11(5,6)14-8)9(13)15-10(2,3)4/h8H,7H2,1-6H3/t8-/m1/s1. The van der Waals surface area contributed by atoms with Gasteiger partial charge in [-0.1, -0.05) is 0 Å². The summed E-state index contributed by atoms with van der Waals surface area (Å²) in [6.45, 7) is 11.9. The van der Waals surface area contributed by atoms with Gasteiger partial charge < -0.3 is 9.47 Å². The predicted octanol–water partition coefficient (Wildman–Crippen LogP) is 2.38. The van der Waals surface area contributed by atoms with Gasteiger partial charge in [0.2, 0.25) is 0 Å². The van der Waals surface area contributed by atoms with Crippen molar-refractivity contribution in [1.29, 1.82) is 0 Å². The van der Waals surface area contributed by atoms with Crippen molar-refractivity contribution in [2.24, 2.45) is 0 Å². The molecule has 0 aromatic carbocycles. The summed E-state index contributed by atoms with van der Waals surface area (Å²) in [6.07, 6.45) is -0.246. The molecule has 15 heavy (non-hydrogen) atoms. The zero-order chi connectivity index (χ0) is 11.9. The van der Waals surface area contributed by atoms with E-state index in [4.69, 9.17) is 9.47 Å². The lowest BCUT2D eigenvalue weighted by molar-refractivity contribution is -0.0745. The van der Waals surface area contributed by atoms with Crippen molar-refractivity contribution in [2.75, 3.05) is 6.54 Å². The Morgan fingerprint density at radius 1 is 1.47 bits per heavy atom. The van der Waals surface area contributed by atoms with Gasteiger partial charge in [0.25, 0.3) is 0 Å². The number of hydrogen-bond donors (Lipinski definition) is 0. The van der Waals surface area contributed by atoms with E-state index in [-0.39, 0.29) is 12.2 Å². The van der Waals surface area contributed by atoms with Gasteiger partial charge in [-0.2, -0.15) is 0 Å². The average Bonchev–Trinajstić information content (AvgIpc) is 2.20. The molecule has 0 saturated carbocycles. The maximum atomic E-state index is 11.8. The van der Waals surface area contributed by atoms with Crippen LogP contribution in [0, 0.1) is 0 Å². The van der Waals surface area contributed by atoms with Crippen molar-refractivity contribution < 1.29 is 14.3 Å². The minimum atomic E-state index is -0.568. The molecule has 1 aliphatic rings. The normalized spacial score (nSPS) is 25.5. The Labute approximate surface area is 91.5 Å². The van der Waals surface area contributed by atoms with Crippen LogP contribution < -0.4 is 0 Å². The molecule has 1 atom stereocenters. The summed E-state index contributed by atoms with van der Waals surface area (Å²) in [5, 5.41) is 0. The van der Waals surface area contributed by atoms with Gasteiger partial charge in [0.15, 0.2) is 0 Å². The Morgan fingerprint density at radius 2 is 2.00 bits per heavy atom. The lowest BCUT2D eigenvalue weighted by atomic mass is 10.2. The molecule has 0 aromatic heterocycles. The van der Waals surface area contributed by atoms with Crippen molar-refractivity contribution >= 4 is 6.09 Å². The summed E-state index contributed by atoms with van der Waals surface area (Å²) in [4.78, 5) is 13.5. The number of nitrogens with zero attached hydrogens (tertiary/aromatic N) is 1. The molecule has 88 valence electrons. The highest BCUT2D eigenvalue weighted by Gasteiger charge is 2.42. The van der Waals surface area contributed by atoms with E-state index < -0.39 is 11.3 Å². The van der Waals surface area contributed by atoms with Gasteiger partial charge in [0.1, 0.15) is 11.3 Å². The molecule has 0 unspecified atom stereocenters. The zero-order valence-electron chi connectivity index (χ0n) is 10.5. The number of ether oxygens (including phenoxy) is 2. The Kier molecular flexibility index (Phi) is 3.01. The molecule has 0 N–H and O–H groups in total. The highest BCUT2D eigenvalue weighted by atomic mass is 16.6. The first-order valence-electron chi connectivity index (χ1n) is 5.30. The van der Waals surface area contributed by atoms with Crippen molar-refractivity contribution in [3.05, 3.63) is 0 Å². The molecule has 1 amide bonds. The topological polar surface area (TPSA) is 38.8 Å². The average molecular weight is 215 g/mol. The van der Waals surface area contributed by atoms with Crippen molar-refractivity contribution in [3.63, 3.8) is 0 Å². The second kappa shape index (κ2) is 3.67. The molecular formula is C11H21NO3. The molecule has 0 spiro atoms. The Hall–Kier alpha value is -0.770. The van der Waals surface area contributed by atoms with E-state index in [1.54, 1.807) is 4.90 Å². The maximum absolute atomic E-state index is 11.8. The summed E-state index contributed by atoms with van der Waals surface area (Å²) in [6, 6.07) is 0. The molecule has 1 saturated heterocycles. The summed E-state index contributed by atoms with van der Waals surface area (Å²) in [5.41, 5.74) is -1.03. The number of rotatable bonds is 0. The van der Waals surface area contributed by atoms with E-state index in [1.165, 1.54) is 0 Å². The highest BCUT2D eigenvalue weighted by molar-refractivity contribution is 5.69. The summed E-state index contributed by atoms with van der Waals surface area (Å²) in [5.74, 6) is 0. The zero-order valence-corrected chi connectivity index (χ0v) is 10.5. The third kappa shape index (κ3) is 3.09. The van der Waals surface area contributed by atoms with E-state index >= 15 is 0 Å². The fraction of sp³-hybridized carbons (Fsp3) is 0.909. The fourth-order valence-corrected chi connectivity index (χ4v) is 1.68. The molecule has 1 rings (SSSR count). The van der Waals surface area contributed by atoms with E-state index in [1.807, 2.05) is 41.5 Å². The summed E-state index contributed by atoms with van der Waals surface area (Å²) in [7, 11) is 0. The molecule has 4 nitrogen and oxygen atoms in total. The third-order valence-corrected chi connectivity index (χ3v) is 2.19. The van der Waals surface area contributed by atoms with Crippen LogP contribution in [0.1, 0.15) is 41.5 Å². The van der Waals surface area contributed by atoms with E-state index in [2.05, 4.69) is 0 Å². The smallest absolute Gasteiger partial charge is 0.412 e. The Morgan fingerprint density at radius 3 is 2.33 bits per heavy atom. The number of hydrogen-bond acceptors (Lipinski definition) is 3. The molecule has 1 fully saturated rings. The van der Waals surface area contributed by atoms with Gasteiger partial charge in [0, 0.05) is 0 Å². The largest absolute Gasteiger partial charge is 0.444 e. The van der Waals surface area contributed by atoms with Gasteiger partial charge in [-0.25, -0.2) is 4.79 Å². The van der Waals surface area contributed by atoms with Crippen molar-refractivity contribution in [3.8, 4) is 0 Å². The predicted molar refractivity (Wildman–Crippen MR) is 57.6 cm³/mol. The van der Waals surface area contributed by atoms with Crippen LogP contribution >= 0.6 is 0 Å². The summed E-state index contributed by atoms with van der Waals surface area (Å²) >= 11 is 0. The molecule has 0 aliphatic carbocycles. The monoisotopic (exact) mass is 215 g/mol. The minimum Gasteiger partial charge on any atom is -0.444 e. The van der Waals surface area contributed by atoms with Gasteiger partial charge in [-0.05, 0) is 41.5 Å². The SMILES string of the molecule is C[C@@H]1CN(C(=O)OC(C)(C)C)C(C)(C)O1. The Bertz CT molecular complexity index is 255. The van der Waals surface area contributed by atoms with Gasteiger partial charge in [-0.3, -0.25) is 4.90 Å². The molecule has 1 heterocycles. The van der Waals surface area contributed by atoms with Crippen LogP contribution in [-0.4, -0.2) is 35.0 Å². The van der Waals surface area contributed by atoms with E-state index in [9.17, 15) is 4.79 Å². The van der Waals surface area contributed by atoms with Crippen LogP contribution in [0.25, 0.3) is 0 Å². The first kappa shape index (κ1) is 12.3. The summed E-state index contributed by atoms with van der Waals surface area (Å²) < 4.78 is 10.9. The lowest BCUT2D eigenvalue weighted by Crippen LogP contribution is -2.46. The maximum Gasteiger partial charge on any atom is 0.412 e. The molecule has 0 radical (unpaired) electrons. The van der Waals surface area contributed by atoms with Gasteiger partial charge in [-0.15, -0.1) is 0 Å². The number of amides is 1. The molecule has 1 aliphatic heterocycles. The molecular weight excluding hydrogens is 194 g/mol.